The number of thiazole rings is 1. The van der Waals surface area contributed by atoms with Crippen LogP contribution in [0.5, 0.6) is 0 Å². The first-order valence-corrected chi connectivity index (χ1v) is 8.57. The highest BCUT2D eigenvalue weighted by Gasteiger charge is 2.13. The first-order valence-electron chi connectivity index (χ1n) is 6.16. The van der Waals surface area contributed by atoms with Crippen LogP contribution < -0.4 is 5.32 Å². The van der Waals surface area contributed by atoms with E-state index >= 15 is 0 Å². The normalized spacial score (nSPS) is 10.8. The van der Waals surface area contributed by atoms with Crippen molar-refractivity contribution in [1.29, 1.82) is 0 Å². The zero-order valence-corrected chi connectivity index (χ0v) is 15.0. The summed E-state index contributed by atoms with van der Waals surface area (Å²) in [4.78, 5) is 16.8. The number of aryl methyl sites for hydroxylation is 1. The van der Waals surface area contributed by atoms with Gasteiger partial charge >= 0.3 is 0 Å². The molecule has 0 saturated heterocycles. The number of anilines is 1. The summed E-state index contributed by atoms with van der Waals surface area (Å²) in [6.07, 6.45) is 0. The van der Waals surface area contributed by atoms with E-state index in [1.165, 1.54) is 16.9 Å². The molecule has 0 unspecified atom stereocenters. The van der Waals surface area contributed by atoms with Gasteiger partial charge in [-0.05, 0) is 58.7 Å². The smallest absolute Gasteiger partial charge is 0.258 e. The molecule has 0 bridgehead atoms. The van der Waals surface area contributed by atoms with Crippen molar-refractivity contribution < 1.29 is 4.79 Å². The van der Waals surface area contributed by atoms with E-state index < -0.39 is 0 Å². The number of benzene rings is 2. The van der Waals surface area contributed by atoms with E-state index in [0.717, 1.165) is 19.2 Å². The minimum atomic E-state index is -0.182. The first kappa shape index (κ1) is 14.7. The maximum absolute atomic E-state index is 12.3. The molecule has 2 aromatic carbocycles. The molecule has 0 atom stereocenters. The molecule has 0 saturated carbocycles. The Balaban J connectivity index is 1.90. The quantitative estimate of drug-likeness (QED) is 0.598. The van der Waals surface area contributed by atoms with Crippen molar-refractivity contribution in [3.05, 3.63) is 56.5 Å². The Morgan fingerprint density at radius 2 is 2.00 bits per heavy atom. The summed E-state index contributed by atoms with van der Waals surface area (Å²) in [5.74, 6) is -0.182. The van der Waals surface area contributed by atoms with Crippen LogP contribution in [0.15, 0.2) is 45.3 Å². The molecule has 0 spiro atoms. The second-order valence-electron chi connectivity index (χ2n) is 4.57. The Bertz CT molecular complexity index is 845. The predicted octanol–water partition coefficient (Wildman–Crippen LogP) is 5.38. The van der Waals surface area contributed by atoms with Gasteiger partial charge in [0, 0.05) is 8.95 Å². The van der Waals surface area contributed by atoms with E-state index in [2.05, 4.69) is 48.2 Å². The number of hydrogen-bond acceptors (Lipinski definition) is 3. The van der Waals surface area contributed by atoms with Crippen molar-refractivity contribution in [3.63, 3.8) is 0 Å². The second-order valence-corrected chi connectivity index (χ2v) is 7.37. The lowest BCUT2D eigenvalue weighted by Gasteiger charge is -2.04. The minimum Gasteiger partial charge on any atom is -0.298 e. The number of carbonyl (C=O) groups is 1. The fourth-order valence-corrected chi connectivity index (χ4v) is 3.67. The largest absolute Gasteiger partial charge is 0.298 e. The van der Waals surface area contributed by atoms with Crippen LogP contribution in [0, 0.1) is 6.92 Å². The van der Waals surface area contributed by atoms with E-state index in [4.69, 9.17) is 0 Å². The van der Waals surface area contributed by atoms with Gasteiger partial charge in [0.15, 0.2) is 5.13 Å². The zero-order chi connectivity index (χ0) is 15.0. The van der Waals surface area contributed by atoms with Crippen LogP contribution in [0.2, 0.25) is 0 Å². The average molecular weight is 426 g/mol. The molecule has 0 aliphatic rings. The lowest BCUT2D eigenvalue weighted by atomic mass is 10.2. The Morgan fingerprint density at radius 3 is 2.81 bits per heavy atom. The predicted molar refractivity (Wildman–Crippen MR) is 94.2 cm³/mol. The van der Waals surface area contributed by atoms with Gasteiger partial charge in [-0.15, -0.1) is 0 Å². The van der Waals surface area contributed by atoms with Gasteiger partial charge in [0.2, 0.25) is 0 Å². The number of carbonyl (C=O) groups excluding carboxylic acids is 1. The van der Waals surface area contributed by atoms with Crippen LogP contribution in [0.25, 0.3) is 10.2 Å². The summed E-state index contributed by atoms with van der Waals surface area (Å²) in [6.45, 7) is 2.04. The lowest BCUT2D eigenvalue weighted by molar-refractivity contribution is 0.102. The summed E-state index contributed by atoms with van der Waals surface area (Å²) in [7, 11) is 0. The van der Waals surface area contributed by atoms with Crippen molar-refractivity contribution >= 4 is 64.5 Å². The van der Waals surface area contributed by atoms with Crippen LogP contribution in [0.1, 0.15) is 15.9 Å². The fourth-order valence-electron chi connectivity index (χ4n) is 1.92. The minimum absolute atomic E-state index is 0.182. The summed E-state index contributed by atoms with van der Waals surface area (Å²) in [6, 6.07) is 11.5. The van der Waals surface area contributed by atoms with Crippen molar-refractivity contribution in [1.82, 2.24) is 4.98 Å². The van der Waals surface area contributed by atoms with E-state index in [-0.39, 0.29) is 5.91 Å². The number of aromatic nitrogens is 1. The lowest BCUT2D eigenvalue weighted by Crippen LogP contribution is -2.12. The molecule has 1 aromatic heterocycles. The van der Waals surface area contributed by atoms with E-state index in [9.17, 15) is 4.79 Å². The van der Waals surface area contributed by atoms with Gasteiger partial charge in [0.25, 0.3) is 5.91 Å². The molecule has 0 radical (unpaired) electrons. The molecule has 0 fully saturated rings. The van der Waals surface area contributed by atoms with Crippen LogP contribution in [0.4, 0.5) is 5.13 Å². The molecule has 3 aromatic rings. The summed E-state index contributed by atoms with van der Waals surface area (Å²) in [5.41, 5.74) is 2.65. The first-order chi connectivity index (χ1) is 10.0. The van der Waals surface area contributed by atoms with Gasteiger partial charge in [-0.25, -0.2) is 4.98 Å². The van der Waals surface area contributed by atoms with Crippen molar-refractivity contribution in [2.45, 2.75) is 6.92 Å². The second kappa shape index (κ2) is 5.87. The fraction of sp³-hybridized carbons (Fsp3) is 0.0667. The summed E-state index contributed by atoms with van der Waals surface area (Å²) >= 11 is 8.24. The summed E-state index contributed by atoms with van der Waals surface area (Å²) < 4.78 is 2.68. The number of halogens is 2. The summed E-state index contributed by atoms with van der Waals surface area (Å²) in [5, 5.41) is 3.46. The molecule has 21 heavy (non-hydrogen) atoms. The SMILES string of the molecule is Cc1ccc2nc(NC(=O)c3cc(Br)ccc3Br)sc2c1. The molecule has 1 N–H and O–H groups in total. The Labute approximate surface area is 142 Å². The van der Waals surface area contributed by atoms with Gasteiger partial charge in [0.05, 0.1) is 15.8 Å². The third kappa shape index (κ3) is 3.17. The van der Waals surface area contributed by atoms with Gasteiger partial charge in [-0.3, -0.25) is 10.1 Å². The topological polar surface area (TPSA) is 42.0 Å². The van der Waals surface area contributed by atoms with Gasteiger partial charge in [-0.2, -0.15) is 0 Å². The molecular formula is C15H10Br2N2OS. The number of rotatable bonds is 2. The molecule has 0 aliphatic carbocycles. The van der Waals surface area contributed by atoms with E-state index in [1.54, 1.807) is 6.07 Å². The van der Waals surface area contributed by atoms with Gasteiger partial charge < -0.3 is 0 Å². The van der Waals surface area contributed by atoms with Crippen molar-refractivity contribution in [3.8, 4) is 0 Å². The number of nitrogens with zero attached hydrogens (tertiary/aromatic N) is 1. The molecule has 1 heterocycles. The number of hydrogen-bond donors (Lipinski definition) is 1. The molecular weight excluding hydrogens is 416 g/mol. The third-order valence-corrected chi connectivity index (χ3v) is 5.06. The Morgan fingerprint density at radius 1 is 1.19 bits per heavy atom. The third-order valence-electron chi connectivity index (χ3n) is 2.94. The van der Waals surface area contributed by atoms with Crippen molar-refractivity contribution in [2.75, 3.05) is 5.32 Å². The van der Waals surface area contributed by atoms with Crippen LogP contribution in [-0.4, -0.2) is 10.9 Å². The molecule has 0 aliphatic heterocycles. The van der Waals surface area contributed by atoms with Crippen LogP contribution in [-0.2, 0) is 0 Å². The van der Waals surface area contributed by atoms with Crippen LogP contribution in [0.3, 0.4) is 0 Å². The molecule has 3 nitrogen and oxygen atoms in total. The number of amides is 1. The zero-order valence-electron chi connectivity index (χ0n) is 11.0. The molecule has 3 rings (SSSR count). The van der Waals surface area contributed by atoms with Crippen LogP contribution >= 0.6 is 43.2 Å². The highest BCUT2D eigenvalue weighted by molar-refractivity contribution is 9.11. The molecule has 106 valence electrons. The highest BCUT2D eigenvalue weighted by Crippen LogP contribution is 2.28. The standard InChI is InChI=1S/C15H10Br2N2OS/c1-8-2-5-12-13(6-8)21-15(18-12)19-14(20)10-7-9(16)3-4-11(10)17/h2-7H,1H3,(H,18,19,20). The van der Waals surface area contributed by atoms with Gasteiger partial charge in [0.1, 0.15) is 0 Å². The highest BCUT2D eigenvalue weighted by atomic mass is 79.9. The number of fused-ring (bicyclic) bond motifs is 1. The maximum atomic E-state index is 12.3. The van der Waals surface area contributed by atoms with Crippen molar-refractivity contribution in [2.24, 2.45) is 0 Å². The molecule has 1 amide bonds. The number of nitrogens with one attached hydrogen (secondary N) is 1. The van der Waals surface area contributed by atoms with Gasteiger partial charge in [-0.1, -0.05) is 33.3 Å². The Kier molecular flexibility index (Phi) is 4.10. The van der Waals surface area contributed by atoms with E-state index in [1.807, 2.05) is 31.2 Å². The van der Waals surface area contributed by atoms with E-state index in [0.29, 0.717) is 10.7 Å². The monoisotopic (exact) mass is 424 g/mol. The Hall–Kier alpha value is -1.24. The average Bonchev–Trinajstić information content (AvgIpc) is 2.82. The molecule has 6 heteroatoms. The maximum Gasteiger partial charge on any atom is 0.258 e.